The van der Waals surface area contributed by atoms with Gasteiger partial charge in [0.2, 0.25) is 0 Å². The minimum atomic E-state index is 0.0568. The summed E-state index contributed by atoms with van der Waals surface area (Å²) in [5.74, 6) is 0. The Labute approximate surface area is 96.0 Å². The van der Waals surface area contributed by atoms with Gasteiger partial charge in [-0.15, -0.1) is 0 Å². The maximum absolute atomic E-state index is 10.2. The van der Waals surface area contributed by atoms with Gasteiger partial charge in [-0.1, -0.05) is 28.4 Å². The molecule has 0 N–H and O–H groups in total. The van der Waals surface area contributed by atoms with Crippen LogP contribution in [0.2, 0.25) is 10.0 Å². The van der Waals surface area contributed by atoms with Crippen molar-refractivity contribution >= 4 is 34.1 Å². The van der Waals surface area contributed by atoms with Crippen LogP contribution in [0.15, 0.2) is 29.6 Å². The first-order chi connectivity index (χ1) is 7.20. The van der Waals surface area contributed by atoms with Crippen LogP contribution < -0.4 is 0 Å². The van der Waals surface area contributed by atoms with E-state index in [4.69, 9.17) is 23.2 Å². The lowest BCUT2D eigenvalue weighted by Crippen LogP contribution is -1.86. The third-order valence-corrected chi connectivity index (χ3v) is 2.61. The van der Waals surface area contributed by atoms with Crippen molar-refractivity contribution in [1.82, 2.24) is 4.98 Å². The Kier molecular flexibility index (Phi) is 2.84. The summed E-state index contributed by atoms with van der Waals surface area (Å²) in [6, 6.07) is 5.25. The van der Waals surface area contributed by atoms with Crippen LogP contribution in [-0.4, -0.2) is 4.98 Å². The average Bonchev–Trinajstić information content (AvgIpc) is 2.20. The third kappa shape index (κ3) is 2.08. The van der Waals surface area contributed by atoms with Gasteiger partial charge in [0, 0.05) is 16.6 Å². The molecule has 0 aliphatic heterocycles. The Morgan fingerprint density at radius 1 is 1.27 bits per heavy atom. The van der Waals surface area contributed by atoms with E-state index in [0.717, 1.165) is 10.9 Å². The van der Waals surface area contributed by atoms with E-state index < -0.39 is 0 Å². The molecule has 1 heterocycles. The molecule has 15 heavy (non-hydrogen) atoms. The van der Waals surface area contributed by atoms with Gasteiger partial charge >= 0.3 is 0 Å². The van der Waals surface area contributed by atoms with Crippen LogP contribution in [0, 0.1) is 4.91 Å². The molecule has 0 amide bonds. The van der Waals surface area contributed by atoms with E-state index in [1.165, 1.54) is 0 Å². The number of pyridine rings is 1. The predicted molar refractivity (Wildman–Crippen MR) is 61.3 cm³/mol. The van der Waals surface area contributed by atoms with Gasteiger partial charge in [0.1, 0.15) is 6.54 Å². The zero-order valence-corrected chi connectivity index (χ0v) is 9.09. The minimum Gasteiger partial charge on any atom is -0.255 e. The van der Waals surface area contributed by atoms with Gasteiger partial charge in [-0.2, -0.15) is 4.91 Å². The highest BCUT2D eigenvalue weighted by molar-refractivity contribution is 6.32. The minimum absolute atomic E-state index is 0.0568. The number of nitroso groups, excluding NO2 is 1. The molecular formula is C10H6Cl2N2O. The second-order valence-corrected chi connectivity index (χ2v) is 3.92. The molecule has 5 heteroatoms. The van der Waals surface area contributed by atoms with Gasteiger partial charge in [-0.3, -0.25) is 4.98 Å². The van der Waals surface area contributed by atoms with E-state index >= 15 is 0 Å². The van der Waals surface area contributed by atoms with Crippen molar-refractivity contribution in [2.24, 2.45) is 5.18 Å². The molecule has 0 spiro atoms. The first-order valence-corrected chi connectivity index (χ1v) is 4.99. The quantitative estimate of drug-likeness (QED) is 0.750. The summed E-state index contributed by atoms with van der Waals surface area (Å²) >= 11 is 11.8. The molecule has 0 bridgehead atoms. The monoisotopic (exact) mass is 240 g/mol. The Bertz CT molecular complexity index is 528. The lowest BCUT2D eigenvalue weighted by atomic mass is 10.1. The van der Waals surface area contributed by atoms with E-state index in [9.17, 15) is 4.91 Å². The zero-order chi connectivity index (χ0) is 10.8. The normalized spacial score (nSPS) is 10.5. The van der Waals surface area contributed by atoms with E-state index in [0.29, 0.717) is 15.6 Å². The third-order valence-electron chi connectivity index (χ3n) is 2.05. The number of hydrogen-bond acceptors (Lipinski definition) is 3. The van der Waals surface area contributed by atoms with Crippen molar-refractivity contribution in [3.8, 4) is 0 Å². The second kappa shape index (κ2) is 4.13. The second-order valence-electron chi connectivity index (χ2n) is 3.08. The summed E-state index contributed by atoms with van der Waals surface area (Å²) < 4.78 is 0. The van der Waals surface area contributed by atoms with Crippen LogP contribution in [0.5, 0.6) is 0 Å². The van der Waals surface area contributed by atoms with Crippen molar-refractivity contribution in [2.75, 3.05) is 0 Å². The Balaban J connectivity index is 2.65. The number of benzene rings is 1. The molecular weight excluding hydrogens is 235 g/mol. The highest BCUT2D eigenvalue weighted by Crippen LogP contribution is 2.25. The summed E-state index contributed by atoms with van der Waals surface area (Å²) in [7, 11) is 0. The molecule has 3 nitrogen and oxygen atoms in total. The van der Waals surface area contributed by atoms with Crippen LogP contribution in [-0.2, 0) is 6.54 Å². The molecule has 0 saturated heterocycles. The van der Waals surface area contributed by atoms with Crippen LogP contribution in [0.1, 0.15) is 5.56 Å². The van der Waals surface area contributed by atoms with E-state index in [-0.39, 0.29) is 6.54 Å². The fourth-order valence-corrected chi connectivity index (χ4v) is 1.75. The molecule has 76 valence electrons. The Morgan fingerprint density at radius 3 is 2.80 bits per heavy atom. The Hall–Kier alpha value is -1.19. The van der Waals surface area contributed by atoms with Crippen molar-refractivity contribution < 1.29 is 0 Å². The van der Waals surface area contributed by atoms with Gasteiger partial charge in [-0.05, 0) is 23.8 Å². The topological polar surface area (TPSA) is 42.3 Å². The maximum atomic E-state index is 10.2. The number of rotatable bonds is 2. The molecule has 0 aliphatic rings. The van der Waals surface area contributed by atoms with Gasteiger partial charge in [-0.25, -0.2) is 0 Å². The SMILES string of the molecule is O=NCc1cc2cc(Cl)cnc2cc1Cl. The predicted octanol–water partition coefficient (Wildman–Crippen LogP) is 3.81. The molecule has 0 aliphatic carbocycles. The van der Waals surface area contributed by atoms with Crippen molar-refractivity contribution in [3.05, 3.63) is 44.9 Å². The van der Waals surface area contributed by atoms with E-state index in [2.05, 4.69) is 10.2 Å². The summed E-state index contributed by atoms with van der Waals surface area (Å²) in [6.45, 7) is 0.0568. The molecule has 0 fully saturated rings. The lowest BCUT2D eigenvalue weighted by Gasteiger charge is -2.03. The highest BCUT2D eigenvalue weighted by Gasteiger charge is 2.04. The van der Waals surface area contributed by atoms with E-state index in [1.807, 2.05) is 0 Å². The van der Waals surface area contributed by atoms with Crippen LogP contribution in [0.3, 0.4) is 0 Å². The highest BCUT2D eigenvalue weighted by atomic mass is 35.5. The number of halogens is 2. The number of nitrogens with zero attached hydrogens (tertiary/aromatic N) is 2. The first-order valence-electron chi connectivity index (χ1n) is 4.23. The number of aromatic nitrogens is 1. The zero-order valence-electron chi connectivity index (χ0n) is 7.58. The van der Waals surface area contributed by atoms with Crippen LogP contribution >= 0.6 is 23.2 Å². The lowest BCUT2D eigenvalue weighted by molar-refractivity contribution is 1.06. The maximum Gasteiger partial charge on any atom is 0.108 e. The van der Waals surface area contributed by atoms with Crippen LogP contribution in [0.4, 0.5) is 0 Å². The smallest absolute Gasteiger partial charge is 0.108 e. The fraction of sp³-hybridized carbons (Fsp3) is 0.100. The summed E-state index contributed by atoms with van der Waals surface area (Å²) in [5.41, 5.74) is 1.43. The number of hydrogen-bond donors (Lipinski definition) is 0. The largest absolute Gasteiger partial charge is 0.255 e. The summed E-state index contributed by atoms with van der Waals surface area (Å²) in [6.07, 6.45) is 1.55. The van der Waals surface area contributed by atoms with Gasteiger partial charge in [0.15, 0.2) is 0 Å². The van der Waals surface area contributed by atoms with Crippen molar-refractivity contribution in [3.63, 3.8) is 0 Å². The first kappa shape index (κ1) is 10.3. The van der Waals surface area contributed by atoms with Gasteiger partial charge in [0.25, 0.3) is 0 Å². The molecule has 1 aromatic carbocycles. The Morgan fingerprint density at radius 2 is 2.07 bits per heavy atom. The number of fused-ring (bicyclic) bond motifs is 1. The summed E-state index contributed by atoms with van der Waals surface area (Å²) in [5, 5.41) is 4.71. The average molecular weight is 241 g/mol. The van der Waals surface area contributed by atoms with Crippen molar-refractivity contribution in [2.45, 2.75) is 6.54 Å². The molecule has 2 aromatic rings. The molecule has 0 atom stereocenters. The van der Waals surface area contributed by atoms with Gasteiger partial charge in [0.05, 0.1) is 10.5 Å². The van der Waals surface area contributed by atoms with E-state index in [1.54, 1.807) is 24.4 Å². The van der Waals surface area contributed by atoms with Gasteiger partial charge < -0.3 is 0 Å². The molecule has 2 rings (SSSR count). The molecule has 0 unspecified atom stereocenters. The van der Waals surface area contributed by atoms with Crippen LogP contribution in [0.25, 0.3) is 10.9 Å². The molecule has 1 aromatic heterocycles. The van der Waals surface area contributed by atoms with Crippen molar-refractivity contribution in [1.29, 1.82) is 0 Å². The summed E-state index contributed by atoms with van der Waals surface area (Å²) in [4.78, 5) is 14.3. The fourth-order valence-electron chi connectivity index (χ4n) is 1.36. The molecule has 0 saturated carbocycles. The molecule has 0 radical (unpaired) electrons. The standard InChI is InChI=1S/C10H6Cl2N2O/c11-8-2-6-1-7(4-14-15)9(12)3-10(6)13-5-8/h1-3,5H,4H2.